The van der Waals surface area contributed by atoms with E-state index in [-0.39, 0.29) is 0 Å². The summed E-state index contributed by atoms with van der Waals surface area (Å²) >= 11 is 0. The van der Waals surface area contributed by atoms with Gasteiger partial charge in [0.25, 0.3) is 0 Å². The minimum atomic E-state index is 0.593. The van der Waals surface area contributed by atoms with Gasteiger partial charge in [-0.3, -0.25) is 0 Å². The van der Waals surface area contributed by atoms with E-state index in [1.165, 1.54) is 18.4 Å². The molecule has 0 bridgehead atoms. The van der Waals surface area contributed by atoms with E-state index in [0.717, 1.165) is 18.8 Å². The number of benzene rings is 1. The first-order valence-corrected chi connectivity index (χ1v) is 7.07. The van der Waals surface area contributed by atoms with Crippen molar-refractivity contribution in [1.82, 2.24) is 5.32 Å². The first-order chi connectivity index (χ1) is 8.72. The van der Waals surface area contributed by atoms with Gasteiger partial charge in [-0.05, 0) is 36.1 Å². The van der Waals surface area contributed by atoms with Crippen molar-refractivity contribution in [3.05, 3.63) is 29.8 Å². The molecule has 1 aromatic rings. The van der Waals surface area contributed by atoms with E-state index < -0.39 is 0 Å². The zero-order valence-corrected chi connectivity index (χ0v) is 12.2. The van der Waals surface area contributed by atoms with E-state index in [0.29, 0.717) is 11.8 Å². The zero-order chi connectivity index (χ0) is 13.4. The second-order valence-electron chi connectivity index (χ2n) is 4.95. The van der Waals surface area contributed by atoms with Gasteiger partial charge in [0.2, 0.25) is 0 Å². The van der Waals surface area contributed by atoms with E-state index in [1.54, 1.807) is 7.11 Å². The maximum absolute atomic E-state index is 5.22. The first kappa shape index (κ1) is 15.0. The molecule has 0 aliphatic heterocycles. The number of rotatable bonds is 8. The molecule has 0 saturated carbocycles. The number of methoxy groups -OCH3 is 1. The quantitative estimate of drug-likeness (QED) is 0.756. The van der Waals surface area contributed by atoms with Gasteiger partial charge in [0.15, 0.2) is 0 Å². The van der Waals surface area contributed by atoms with E-state index in [1.807, 2.05) is 0 Å². The Hall–Kier alpha value is -1.02. The molecule has 0 saturated heterocycles. The highest BCUT2D eigenvalue weighted by atomic mass is 16.5. The molecular weight excluding hydrogens is 222 g/mol. The van der Waals surface area contributed by atoms with Gasteiger partial charge in [0, 0.05) is 6.54 Å². The van der Waals surface area contributed by atoms with Crippen LogP contribution in [0.3, 0.4) is 0 Å². The van der Waals surface area contributed by atoms with E-state index in [4.69, 9.17) is 4.74 Å². The summed E-state index contributed by atoms with van der Waals surface area (Å²) in [5, 5.41) is 3.48. The van der Waals surface area contributed by atoms with Crippen molar-refractivity contribution in [2.45, 2.75) is 39.5 Å². The lowest BCUT2D eigenvalue weighted by Crippen LogP contribution is -2.25. The fraction of sp³-hybridized carbons (Fsp3) is 0.625. The molecular formula is C16H27NO. The second kappa shape index (κ2) is 8.15. The fourth-order valence-electron chi connectivity index (χ4n) is 2.46. The van der Waals surface area contributed by atoms with Crippen molar-refractivity contribution in [2.24, 2.45) is 5.92 Å². The molecule has 102 valence electrons. The zero-order valence-electron chi connectivity index (χ0n) is 12.2. The molecule has 2 unspecified atom stereocenters. The van der Waals surface area contributed by atoms with Crippen molar-refractivity contribution < 1.29 is 4.74 Å². The predicted octanol–water partition coefficient (Wildman–Crippen LogP) is 3.82. The van der Waals surface area contributed by atoms with E-state index in [9.17, 15) is 0 Å². The third kappa shape index (κ3) is 4.34. The van der Waals surface area contributed by atoms with Crippen LogP contribution in [0.5, 0.6) is 5.75 Å². The summed E-state index contributed by atoms with van der Waals surface area (Å²) in [5.74, 6) is 2.24. The Balaban J connectivity index is 2.79. The SMILES string of the molecule is CCCC(C)C(CNCC)c1ccc(OC)cc1. The molecule has 0 radical (unpaired) electrons. The minimum Gasteiger partial charge on any atom is -0.497 e. The molecule has 2 heteroatoms. The second-order valence-corrected chi connectivity index (χ2v) is 4.95. The third-order valence-corrected chi connectivity index (χ3v) is 3.59. The summed E-state index contributed by atoms with van der Waals surface area (Å²) in [6.45, 7) is 8.87. The number of ether oxygens (including phenoxy) is 1. The standard InChI is InChI=1S/C16H27NO/c1-5-7-13(3)16(12-17-6-2)14-8-10-15(18-4)11-9-14/h8-11,13,16-17H,5-7,12H2,1-4H3. The van der Waals surface area contributed by atoms with Crippen LogP contribution in [0.2, 0.25) is 0 Å². The highest BCUT2D eigenvalue weighted by Gasteiger charge is 2.18. The molecule has 0 aliphatic rings. The van der Waals surface area contributed by atoms with Gasteiger partial charge in [-0.1, -0.05) is 45.7 Å². The minimum absolute atomic E-state index is 0.593. The number of hydrogen-bond donors (Lipinski definition) is 1. The van der Waals surface area contributed by atoms with Crippen LogP contribution in [0.1, 0.15) is 45.1 Å². The van der Waals surface area contributed by atoms with Gasteiger partial charge >= 0.3 is 0 Å². The topological polar surface area (TPSA) is 21.3 Å². The van der Waals surface area contributed by atoms with Crippen LogP contribution in [-0.4, -0.2) is 20.2 Å². The van der Waals surface area contributed by atoms with Gasteiger partial charge < -0.3 is 10.1 Å². The molecule has 0 fully saturated rings. The van der Waals surface area contributed by atoms with Gasteiger partial charge in [-0.2, -0.15) is 0 Å². The molecule has 0 aromatic heterocycles. The Morgan fingerprint density at radius 1 is 1.17 bits per heavy atom. The van der Waals surface area contributed by atoms with Crippen LogP contribution in [0.4, 0.5) is 0 Å². The monoisotopic (exact) mass is 249 g/mol. The lowest BCUT2D eigenvalue weighted by Gasteiger charge is -2.24. The Morgan fingerprint density at radius 2 is 1.83 bits per heavy atom. The Morgan fingerprint density at radius 3 is 2.33 bits per heavy atom. The predicted molar refractivity (Wildman–Crippen MR) is 78.4 cm³/mol. The van der Waals surface area contributed by atoms with Gasteiger partial charge in [0.05, 0.1) is 7.11 Å². The Labute approximate surface area is 112 Å². The molecule has 0 amide bonds. The largest absolute Gasteiger partial charge is 0.497 e. The van der Waals surface area contributed by atoms with Crippen molar-refractivity contribution in [3.63, 3.8) is 0 Å². The summed E-state index contributed by atoms with van der Waals surface area (Å²) in [6, 6.07) is 8.53. The summed E-state index contributed by atoms with van der Waals surface area (Å²) in [4.78, 5) is 0. The van der Waals surface area contributed by atoms with Gasteiger partial charge in [0.1, 0.15) is 5.75 Å². The van der Waals surface area contributed by atoms with Crippen molar-refractivity contribution in [1.29, 1.82) is 0 Å². The van der Waals surface area contributed by atoms with Crippen LogP contribution < -0.4 is 10.1 Å². The van der Waals surface area contributed by atoms with Crippen molar-refractivity contribution in [2.75, 3.05) is 20.2 Å². The molecule has 0 aliphatic carbocycles. The lowest BCUT2D eigenvalue weighted by atomic mass is 9.84. The molecule has 2 atom stereocenters. The normalized spacial score (nSPS) is 14.2. The van der Waals surface area contributed by atoms with Crippen LogP contribution in [0.15, 0.2) is 24.3 Å². The third-order valence-electron chi connectivity index (χ3n) is 3.59. The number of hydrogen-bond acceptors (Lipinski definition) is 2. The van der Waals surface area contributed by atoms with Crippen LogP contribution in [-0.2, 0) is 0 Å². The molecule has 1 rings (SSSR count). The molecule has 0 spiro atoms. The highest BCUT2D eigenvalue weighted by molar-refractivity contribution is 5.30. The van der Waals surface area contributed by atoms with Crippen molar-refractivity contribution >= 4 is 0 Å². The number of nitrogens with one attached hydrogen (secondary N) is 1. The average molecular weight is 249 g/mol. The van der Waals surface area contributed by atoms with Crippen molar-refractivity contribution in [3.8, 4) is 5.75 Å². The summed E-state index contributed by atoms with van der Waals surface area (Å²) in [5.41, 5.74) is 1.41. The average Bonchev–Trinajstić information content (AvgIpc) is 2.40. The van der Waals surface area contributed by atoms with Crippen LogP contribution in [0.25, 0.3) is 0 Å². The van der Waals surface area contributed by atoms with Gasteiger partial charge in [-0.25, -0.2) is 0 Å². The highest BCUT2D eigenvalue weighted by Crippen LogP contribution is 2.28. The van der Waals surface area contributed by atoms with E-state index >= 15 is 0 Å². The summed E-state index contributed by atoms with van der Waals surface area (Å²) in [6.07, 6.45) is 2.53. The lowest BCUT2D eigenvalue weighted by molar-refractivity contribution is 0.402. The molecule has 1 N–H and O–H groups in total. The fourth-order valence-corrected chi connectivity index (χ4v) is 2.46. The number of likely N-dealkylation sites (N-methyl/N-ethyl adjacent to an activating group) is 1. The summed E-state index contributed by atoms with van der Waals surface area (Å²) < 4.78 is 5.22. The molecule has 1 aromatic carbocycles. The van der Waals surface area contributed by atoms with E-state index in [2.05, 4.69) is 50.4 Å². The maximum Gasteiger partial charge on any atom is 0.118 e. The Bertz CT molecular complexity index is 320. The molecule has 18 heavy (non-hydrogen) atoms. The van der Waals surface area contributed by atoms with Crippen LogP contribution in [0, 0.1) is 5.92 Å². The first-order valence-electron chi connectivity index (χ1n) is 7.07. The molecule has 2 nitrogen and oxygen atoms in total. The molecule has 0 heterocycles. The maximum atomic E-state index is 5.22. The Kier molecular flexibility index (Phi) is 6.81. The summed E-state index contributed by atoms with van der Waals surface area (Å²) in [7, 11) is 1.71. The smallest absolute Gasteiger partial charge is 0.118 e. The van der Waals surface area contributed by atoms with Gasteiger partial charge in [-0.15, -0.1) is 0 Å². The van der Waals surface area contributed by atoms with Crippen LogP contribution >= 0.6 is 0 Å².